The minimum atomic E-state index is 0.890. The molecular weight excluding hydrogens is 693 g/mol. The zero-order valence-electron chi connectivity index (χ0n) is 30.9. The molecule has 0 bridgehead atoms. The number of furan rings is 1. The third kappa shape index (κ3) is 4.92. The van der Waals surface area contributed by atoms with E-state index in [9.17, 15) is 0 Å². The summed E-state index contributed by atoms with van der Waals surface area (Å²) in [5, 5.41) is 7.20. The molecule has 0 atom stereocenters. The molecule has 0 radical (unpaired) electrons. The monoisotopic (exact) mass is 726 g/mol. The maximum absolute atomic E-state index is 6.42. The van der Waals surface area contributed by atoms with Gasteiger partial charge in [-0.15, -0.1) is 0 Å². The fourth-order valence-electron chi connectivity index (χ4n) is 9.13. The predicted octanol–water partition coefficient (Wildman–Crippen LogP) is 14.8. The second kappa shape index (κ2) is 12.5. The van der Waals surface area contributed by atoms with Gasteiger partial charge in [0.15, 0.2) is 0 Å². The number of fused-ring (bicyclic) bond motifs is 9. The molecule has 3 nitrogen and oxygen atoms in total. The van der Waals surface area contributed by atoms with Gasteiger partial charge in [-0.05, 0) is 106 Å². The summed E-state index contributed by atoms with van der Waals surface area (Å²) in [7, 11) is 0. The fraction of sp³-hybridized carbons (Fsp3) is 0. The average Bonchev–Trinajstić information content (AvgIpc) is 3.94. The van der Waals surface area contributed by atoms with Crippen LogP contribution in [0.15, 0.2) is 211 Å². The van der Waals surface area contributed by atoms with Gasteiger partial charge in [-0.3, -0.25) is 0 Å². The number of rotatable bonds is 5. The zero-order valence-corrected chi connectivity index (χ0v) is 30.9. The van der Waals surface area contributed by atoms with E-state index in [2.05, 4.69) is 215 Å². The van der Waals surface area contributed by atoms with E-state index in [0.717, 1.165) is 33.3 Å². The summed E-state index contributed by atoms with van der Waals surface area (Å²) < 4.78 is 11.2. The van der Waals surface area contributed by atoms with E-state index in [0.29, 0.717) is 0 Å². The second-order valence-corrected chi connectivity index (χ2v) is 14.9. The van der Waals surface area contributed by atoms with E-state index in [1.54, 1.807) is 0 Å². The Labute approximate surface area is 328 Å². The van der Waals surface area contributed by atoms with Crippen LogP contribution in [0.25, 0.3) is 110 Å². The molecule has 0 saturated heterocycles. The minimum absolute atomic E-state index is 0.890. The molecule has 3 heterocycles. The van der Waals surface area contributed by atoms with Crippen molar-refractivity contribution in [2.75, 3.05) is 0 Å². The normalized spacial score (nSPS) is 11.9. The number of nitrogens with zero attached hydrogens (tertiary/aromatic N) is 2. The Kier molecular flexibility index (Phi) is 6.93. The van der Waals surface area contributed by atoms with Crippen molar-refractivity contribution in [1.29, 1.82) is 0 Å². The summed E-state index contributed by atoms with van der Waals surface area (Å²) in [4.78, 5) is 0. The van der Waals surface area contributed by atoms with Crippen LogP contribution < -0.4 is 0 Å². The summed E-state index contributed by atoms with van der Waals surface area (Å²) in [6.45, 7) is 0. The minimum Gasteiger partial charge on any atom is -0.456 e. The van der Waals surface area contributed by atoms with Crippen molar-refractivity contribution in [3.05, 3.63) is 206 Å². The SMILES string of the molecule is c1ccc(-c2cccc(-n3c4ccccc4c4cc(-c5ccc6c(c5)c5ccccc5n6-c5ccc6oc7cccc(-c8ccccc8)c7c6c5)ccc43)c2)cc1. The summed E-state index contributed by atoms with van der Waals surface area (Å²) in [6.07, 6.45) is 0. The molecule has 0 unspecified atom stereocenters. The van der Waals surface area contributed by atoms with Gasteiger partial charge >= 0.3 is 0 Å². The van der Waals surface area contributed by atoms with Crippen LogP contribution in [0.5, 0.6) is 0 Å². The van der Waals surface area contributed by atoms with Crippen molar-refractivity contribution >= 4 is 65.6 Å². The van der Waals surface area contributed by atoms with Crippen LogP contribution in [0.3, 0.4) is 0 Å². The van der Waals surface area contributed by atoms with Crippen molar-refractivity contribution < 1.29 is 4.42 Å². The van der Waals surface area contributed by atoms with Gasteiger partial charge in [-0.2, -0.15) is 0 Å². The fourth-order valence-corrected chi connectivity index (χ4v) is 9.13. The maximum atomic E-state index is 6.42. The summed E-state index contributed by atoms with van der Waals surface area (Å²) in [6, 6.07) is 74.4. The molecule has 12 rings (SSSR count). The Morgan fingerprint density at radius 2 is 0.807 bits per heavy atom. The highest BCUT2D eigenvalue weighted by molar-refractivity contribution is 6.15. The Morgan fingerprint density at radius 3 is 1.47 bits per heavy atom. The molecule has 3 heteroatoms. The van der Waals surface area contributed by atoms with Gasteiger partial charge < -0.3 is 13.6 Å². The van der Waals surface area contributed by atoms with E-state index in [4.69, 9.17) is 4.42 Å². The number of benzene rings is 9. The Balaban J connectivity index is 1.01. The van der Waals surface area contributed by atoms with Crippen molar-refractivity contribution in [1.82, 2.24) is 9.13 Å². The number of aromatic nitrogens is 2. The lowest BCUT2D eigenvalue weighted by molar-refractivity contribution is 0.669. The number of hydrogen-bond acceptors (Lipinski definition) is 1. The van der Waals surface area contributed by atoms with E-state index in [-0.39, 0.29) is 0 Å². The maximum Gasteiger partial charge on any atom is 0.136 e. The topological polar surface area (TPSA) is 23.0 Å². The first-order valence-electron chi connectivity index (χ1n) is 19.5. The third-order valence-corrected chi connectivity index (χ3v) is 11.7. The largest absolute Gasteiger partial charge is 0.456 e. The van der Waals surface area contributed by atoms with Gasteiger partial charge in [0.25, 0.3) is 0 Å². The van der Waals surface area contributed by atoms with Crippen LogP contribution in [0.2, 0.25) is 0 Å². The van der Waals surface area contributed by atoms with Gasteiger partial charge in [-0.25, -0.2) is 0 Å². The molecule has 12 aromatic rings. The van der Waals surface area contributed by atoms with E-state index >= 15 is 0 Å². The van der Waals surface area contributed by atoms with Crippen LogP contribution in [-0.4, -0.2) is 9.13 Å². The molecule has 0 aliphatic heterocycles. The predicted molar refractivity (Wildman–Crippen MR) is 239 cm³/mol. The molecule has 0 aliphatic carbocycles. The van der Waals surface area contributed by atoms with Crippen LogP contribution >= 0.6 is 0 Å². The van der Waals surface area contributed by atoms with Gasteiger partial charge in [0.05, 0.1) is 22.1 Å². The Morgan fingerprint density at radius 1 is 0.281 bits per heavy atom. The smallest absolute Gasteiger partial charge is 0.136 e. The van der Waals surface area contributed by atoms with Gasteiger partial charge in [0.2, 0.25) is 0 Å². The molecule has 9 aromatic carbocycles. The van der Waals surface area contributed by atoms with Crippen LogP contribution in [0.4, 0.5) is 0 Å². The summed E-state index contributed by atoms with van der Waals surface area (Å²) in [5.74, 6) is 0. The van der Waals surface area contributed by atoms with E-state index < -0.39 is 0 Å². The first kappa shape index (κ1) is 31.7. The molecule has 0 saturated carbocycles. The van der Waals surface area contributed by atoms with Crippen molar-refractivity contribution in [2.45, 2.75) is 0 Å². The highest BCUT2D eigenvalue weighted by Gasteiger charge is 2.18. The molecule has 0 N–H and O–H groups in total. The first-order chi connectivity index (χ1) is 28.3. The molecule has 3 aromatic heterocycles. The van der Waals surface area contributed by atoms with E-state index in [1.807, 2.05) is 0 Å². The van der Waals surface area contributed by atoms with Crippen LogP contribution in [0.1, 0.15) is 0 Å². The van der Waals surface area contributed by atoms with Gasteiger partial charge in [0.1, 0.15) is 11.2 Å². The standard InChI is InChI=1S/C54H34N2O/c1-3-13-35(14-4-1)37-17-11-18-40(31-37)55-48-22-9-7-19-43(48)45-32-38(25-28-50(45)55)39-26-29-51-46(33-39)44-20-8-10-23-49(44)56(51)41-27-30-52-47(34-41)54-42(21-12-24-53(54)57-52)36-15-5-2-6-16-36/h1-34H. The number of hydrogen-bond donors (Lipinski definition) is 0. The number of para-hydroxylation sites is 2. The quantitative estimate of drug-likeness (QED) is 0.173. The highest BCUT2D eigenvalue weighted by atomic mass is 16.3. The van der Waals surface area contributed by atoms with Crippen LogP contribution in [-0.2, 0) is 0 Å². The van der Waals surface area contributed by atoms with Crippen molar-refractivity contribution in [3.63, 3.8) is 0 Å². The molecule has 266 valence electrons. The molecule has 0 spiro atoms. The Bertz CT molecular complexity index is 3510. The molecule has 0 fully saturated rings. The third-order valence-electron chi connectivity index (χ3n) is 11.7. The zero-order chi connectivity index (χ0) is 37.5. The van der Waals surface area contributed by atoms with Gasteiger partial charge in [-0.1, -0.05) is 133 Å². The molecular formula is C54H34N2O. The molecule has 0 aliphatic rings. The van der Waals surface area contributed by atoms with Crippen molar-refractivity contribution in [3.8, 4) is 44.8 Å². The summed E-state index contributed by atoms with van der Waals surface area (Å²) >= 11 is 0. The average molecular weight is 727 g/mol. The highest BCUT2D eigenvalue weighted by Crippen LogP contribution is 2.41. The van der Waals surface area contributed by atoms with Crippen molar-refractivity contribution in [2.24, 2.45) is 0 Å². The van der Waals surface area contributed by atoms with Crippen LogP contribution in [0, 0.1) is 0 Å². The summed E-state index contributed by atoms with van der Waals surface area (Å²) in [5.41, 5.74) is 16.0. The lowest BCUT2D eigenvalue weighted by Gasteiger charge is -2.11. The molecule has 57 heavy (non-hydrogen) atoms. The van der Waals surface area contributed by atoms with Gasteiger partial charge in [0, 0.05) is 43.7 Å². The Hall–Kier alpha value is -7.62. The molecule has 0 amide bonds. The second-order valence-electron chi connectivity index (χ2n) is 14.9. The van der Waals surface area contributed by atoms with E-state index in [1.165, 1.54) is 77.0 Å². The first-order valence-corrected chi connectivity index (χ1v) is 19.5. The lowest BCUT2D eigenvalue weighted by atomic mass is 9.99. The lowest BCUT2D eigenvalue weighted by Crippen LogP contribution is -1.94.